The van der Waals surface area contributed by atoms with Crippen molar-refractivity contribution < 1.29 is 0 Å². The standard InChI is InChI=1S/C37H46N2/c1-28(34-20-24-36(38)25-21-34)32-16-12-30(13-17-32)10-8-6-4-3-5-7-9-11-31-14-18-33(19-15-31)29(2)35-22-26-37(39)27-23-35/h12-29H,3-11,38-39H2,1-2H3. The fraction of sp³-hybridized carbons (Fsp3) is 0.351. The average molecular weight is 519 g/mol. The third-order valence-electron chi connectivity index (χ3n) is 8.26. The van der Waals surface area contributed by atoms with Crippen LogP contribution in [0.5, 0.6) is 0 Å². The van der Waals surface area contributed by atoms with Gasteiger partial charge in [0.15, 0.2) is 0 Å². The van der Waals surface area contributed by atoms with Crippen LogP contribution in [0.3, 0.4) is 0 Å². The van der Waals surface area contributed by atoms with Gasteiger partial charge >= 0.3 is 0 Å². The Hall–Kier alpha value is -3.52. The second-order valence-corrected chi connectivity index (χ2v) is 11.2. The Kier molecular flexibility index (Phi) is 10.7. The van der Waals surface area contributed by atoms with Crippen molar-refractivity contribution in [3.8, 4) is 0 Å². The number of anilines is 2. The molecule has 0 aliphatic heterocycles. The van der Waals surface area contributed by atoms with Crippen LogP contribution in [0.4, 0.5) is 11.4 Å². The maximum Gasteiger partial charge on any atom is 0.0314 e. The molecule has 2 nitrogen and oxygen atoms in total. The van der Waals surface area contributed by atoms with Crippen LogP contribution < -0.4 is 11.5 Å². The Balaban J connectivity index is 1.06. The van der Waals surface area contributed by atoms with E-state index in [1.54, 1.807) is 0 Å². The van der Waals surface area contributed by atoms with Gasteiger partial charge in [-0.1, -0.05) is 119 Å². The highest BCUT2D eigenvalue weighted by Crippen LogP contribution is 2.27. The lowest BCUT2D eigenvalue weighted by Gasteiger charge is -2.13. The summed E-state index contributed by atoms with van der Waals surface area (Å²) in [5.41, 5.74) is 21.6. The van der Waals surface area contributed by atoms with Gasteiger partial charge in [-0.3, -0.25) is 0 Å². The summed E-state index contributed by atoms with van der Waals surface area (Å²) in [5.74, 6) is 0.783. The second kappa shape index (κ2) is 14.6. The summed E-state index contributed by atoms with van der Waals surface area (Å²) >= 11 is 0. The normalized spacial score (nSPS) is 12.8. The van der Waals surface area contributed by atoms with Gasteiger partial charge < -0.3 is 11.5 Å². The number of benzene rings is 4. The molecule has 2 unspecified atom stereocenters. The first-order valence-electron chi connectivity index (χ1n) is 14.9. The minimum atomic E-state index is 0.392. The lowest BCUT2D eigenvalue weighted by Crippen LogP contribution is -1.97. The van der Waals surface area contributed by atoms with E-state index in [9.17, 15) is 0 Å². The summed E-state index contributed by atoms with van der Waals surface area (Å²) in [7, 11) is 0. The zero-order chi connectivity index (χ0) is 27.5. The molecule has 204 valence electrons. The Morgan fingerprint density at radius 2 is 0.641 bits per heavy atom. The van der Waals surface area contributed by atoms with Gasteiger partial charge in [-0.05, 0) is 83.3 Å². The van der Waals surface area contributed by atoms with Gasteiger partial charge in [-0.2, -0.15) is 0 Å². The maximum atomic E-state index is 5.83. The van der Waals surface area contributed by atoms with E-state index in [1.807, 2.05) is 24.3 Å². The lowest BCUT2D eigenvalue weighted by atomic mass is 9.92. The summed E-state index contributed by atoms with van der Waals surface area (Å²) in [6.07, 6.45) is 11.7. The van der Waals surface area contributed by atoms with E-state index in [2.05, 4.69) is 86.6 Å². The third-order valence-corrected chi connectivity index (χ3v) is 8.26. The molecule has 2 atom stereocenters. The third kappa shape index (κ3) is 8.75. The Labute approximate surface area is 236 Å². The number of aryl methyl sites for hydroxylation is 2. The van der Waals surface area contributed by atoms with Crippen LogP contribution in [-0.2, 0) is 12.8 Å². The van der Waals surface area contributed by atoms with E-state index in [4.69, 9.17) is 11.5 Å². The van der Waals surface area contributed by atoms with Gasteiger partial charge in [0.1, 0.15) is 0 Å². The molecule has 4 N–H and O–H groups in total. The quantitative estimate of drug-likeness (QED) is 0.129. The van der Waals surface area contributed by atoms with Crippen molar-refractivity contribution in [1.82, 2.24) is 0 Å². The van der Waals surface area contributed by atoms with Crippen LogP contribution in [-0.4, -0.2) is 0 Å². The molecule has 0 radical (unpaired) electrons. The number of nitrogens with two attached hydrogens (primary N) is 2. The van der Waals surface area contributed by atoms with Crippen molar-refractivity contribution in [2.24, 2.45) is 0 Å². The topological polar surface area (TPSA) is 52.0 Å². The van der Waals surface area contributed by atoms with E-state index in [1.165, 1.54) is 91.2 Å². The first-order chi connectivity index (χ1) is 19.0. The molecule has 4 rings (SSSR count). The van der Waals surface area contributed by atoms with Gasteiger partial charge in [0.2, 0.25) is 0 Å². The van der Waals surface area contributed by atoms with Crippen LogP contribution in [0, 0.1) is 0 Å². The van der Waals surface area contributed by atoms with Gasteiger partial charge in [0.25, 0.3) is 0 Å². The number of hydrogen-bond acceptors (Lipinski definition) is 2. The van der Waals surface area contributed by atoms with E-state index >= 15 is 0 Å². The van der Waals surface area contributed by atoms with Crippen molar-refractivity contribution >= 4 is 11.4 Å². The van der Waals surface area contributed by atoms with E-state index in [0.29, 0.717) is 11.8 Å². The van der Waals surface area contributed by atoms with Gasteiger partial charge in [0, 0.05) is 23.2 Å². The van der Waals surface area contributed by atoms with Crippen molar-refractivity contribution in [3.05, 3.63) is 130 Å². The molecule has 4 aromatic carbocycles. The van der Waals surface area contributed by atoms with Crippen molar-refractivity contribution in [1.29, 1.82) is 0 Å². The number of hydrogen-bond donors (Lipinski definition) is 2. The molecule has 0 saturated heterocycles. The van der Waals surface area contributed by atoms with Gasteiger partial charge in [-0.25, -0.2) is 0 Å². The average Bonchev–Trinajstić information content (AvgIpc) is 2.97. The van der Waals surface area contributed by atoms with Crippen LogP contribution in [0.15, 0.2) is 97.1 Å². The molecular formula is C37H46N2. The minimum absolute atomic E-state index is 0.392. The molecule has 0 aromatic heterocycles. The van der Waals surface area contributed by atoms with E-state index in [-0.39, 0.29) is 0 Å². The van der Waals surface area contributed by atoms with Crippen LogP contribution >= 0.6 is 0 Å². The molecular weight excluding hydrogens is 472 g/mol. The van der Waals surface area contributed by atoms with Gasteiger partial charge in [0.05, 0.1) is 0 Å². The first kappa shape index (κ1) is 28.5. The van der Waals surface area contributed by atoms with Gasteiger partial charge in [-0.15, -0.1) is 0 Å². The molecule has 0 aliphatic rings. The van der Waals surface area contributed by atoms with Crippen molar-refractivity contribution in [3.63, 3.8) is 0 Å². The van der Waals surface area contributed by atoms with Crippen LogP contribution in [0.2, 0.25) is 0 Å². The summed E-state index contributed by atoms with van der Waals surface area (Å²) in [6, 6.07) is 34.9. The molecule has 0 spiro atoms. The molecule has 0 saturated carbocycles. The molecule has 4 aromatic rings. The number of unbranched alkanes of at least 4 members (excludes halogenated alkanes) is 6. The second-order valence-electron chi connectivity index (χ2n) is 11.2. The Morgan fingerprint density at radius 1 is 0.385 bits per heavy atom. The molecule has 0 bridgehead atoms. The monoisotopic (exact) mass is 518 g/mol. The molecule has 0 fully saturated rings. The summed E-state index contributed by atoms with van der Waals surface area (Å²) in [5, 5.41) is 0. The Morgan fingerprint density at radius 3 is 0.949 bits per heavy atom. The highest BCUT2D eigenvalue weighted by atomic mass is 14.5. The number of rotatable bonds is 14. The molecule has 39 heavy (non-hydrogen) atoms. The predicted octanol–water partition coefficient (Wildman–Crippen LogP) is 9.67. The zero-order valence-electron chi connectivity index (χ0n) is 23.9. The largest absolute Gasteiger partial charge is 0.399 e. The lowest BCUT2D eigenvalue weighted by molar-refractivity contribution is 0.579. The SMILES string of the molecule is CC(c1ccc(N)cc1)c1ccc(CCCCCCCCCc2ccc(C(C)c3ccc(N)cc3)cc2)cc1. The first-order valence-corrected chi connectivity index (χ1v) is 14.9. The predicted molar refractivity (Wildman–Crippen MR) is 169 cm³/mol. The van der Waals surface area contributed by atoms with Crippen LogP contribution in [0.1, 0.15) is 104 Å². The molecule has 0 aliphatic carbocycles. The fourth-order valence-electron chi connectivity index (χ4n) is 5.44. The summed E-state index contributed by atoms with van der Waals surface area (Å²) in [6.45, 7) is 4.53. The molecule has 0 heterocycles. The highest BCUT2D eigenvalue weighted by molar-refractivity contribution is 5.43. The van der Waals surface area contributed by atoms with Crippen molar-refractivity contribution in [2.45, 2.75) is 83.5 Å². The number of nitrogen functional groups attached to an aromatic ring is 2. The smallest absolute Gasteiger partial charge is 0.0314 e. The minimum Gasteiger partial charge on any atom is -0.399 e. The van der Waals surface area contributed by atoms with Crippen molar-refractivity contribution in [2.75, 3.05) is 11.5 Å². The van der Waals surface area contributed by atoms with Crippen LogP contribution in [0.25, 0.3) is 0 Å². The fourth-order valence-corrected chi connectivity index (χ4v) is 5.44. The zero-order valence-corrected chi connectivity index (χ0v) is 23.9. The summed E-state index contributed by atoms with van der Waals surface area (Å²) in [4.78, 5) is 0. The maximum absolute atomic E-state index is 5.83. The Bertz CT molecular complexity index is 1140. The van der Waals surface area contributed by atoms with E-state index < -0.39 is 0 Å². The van der Waals surface area contributed by atoms with E-state index in [0.717, 1.165) is 11.4 Å². The highest BCUT2D eigenvalue weighted by Gasteiger charge is 2.09. The molecule has 2 heteroatoms. The molecule has 0 amide bonds. The summed E-state index contributed by atoms with van der Waals surface area (Å²) < 4.78 is 0.